The molecule has 0 spiro atoms. The van der Waals surface area contributed by atoms with Crippen molar-refractivity contribution < 1.29 is 14.0 Å². The number of carbonyl (C=O) groups is 1. The fourth-order valence-electron chi connectivity index (χ4n) is 4.21. The molecule has 0 N–H and O–H groups in total. The Morgan fingerprint density at radius 1 is 1.18 bits per heavy atom. The first-order valence-electron chi connectivity index (χ1n) is 12.3. The van der Waals surface area contributed by atoms with E-state index in [4.69, 9.17) is 9.16 Å². The zero-order chi connectivity index (χ0) is 24.8. The highest BCUT2D eigenvalue weighted by Crippen LogP contribution is 2.38. The summed E-state index contributed by atoms with van der Waals surface area (Å²) in [5.41, 5.74) is 5.12. The molecule has 6 heteroatoms. The fraction of sp³-hybridized carbons (Fsp3) is 0.500. The molecule has 1 unspecified atom stereocenters. The van der Waals surface area contributed by atoms with Crippen LogP contribution in [-0.2, 0) is 26.8 Å². The molecule has 1 aliphatic rings. The SMILES string of the molecule is COC(=O)C=Cc1ccc2c(c1)CCC2N(CCO[Si](C)(C)C(C)(C)C)CCc1ccncc1. The second-order valence-corrected chi connectivity index (χ2v) is 15.4. The third-order valence-corrected chi connectivity index (χ3v) is 11.9. The number of pyridine rings is 1. The van der Waals surface area contributed by atoms with Crippen molar-refractivity contribution in [3.63, 3.8) is 0 Å². The number of methoxy groups -OCH3 is 1. The molecular weight excluding hydrogens is 440 g/mol. The number of aryl methyl sites for hydroxylation is 1. The zero-order valence-electron chi connectivity index (χ0n) is 21.6. The van der Waals surface area contributed by atoms with Crippen molar-refractivity contribution in [3.05, 3.63) is 71.1 Å². The summed E-state index contributed by atoms with van der Waals surface area (Å²) in [5, 5.41) is 0.211. The number of benzene rings is 1. The third kappa shape index (κ3) is 6.87. The molecule has 0 radical (unpaired) electrons. The maximum absolute atomic E-state index is 11.5. The van der Waals surface area contributed by atoms with Crippen LogP contribution in [0.3, 0.4) is 0 Å². The minimum absolute atomic E-state index is 0.211. The van der Waals surface area contributed by atoms with Crippen molar-refractivity contribution in [1.82, 2.24) is 9.88 Å². The summed E-state index contributed by atoms with van der Waals surface area (Å²) in [5.74, 6) is -0.331. The molecule has 1 atom stereocenters. The van der Waals surface area contributed by atoms with Gasteiger partial charge in [-0.25, -0.2) is 4.79 Å². The minimum atomic E-state index is -1.78. The lowest BCUT2D eigenvalue weighted by Gasteiger charge is -2.37. The molecule has 3 rings (SSSR count). The summed E-state index contributed by atoms with van der Waals surface area (Å²) in [7, 11) is -0.381. The van der Waals surface area contributed by atoms with Crippen LogP contribution in [-0.4, -0.2) is 51.0 Å². The number of hydrogen-bond donors (Lipinski definition) is 0. The highest BCUT2D eigenvalue weighted by Gasteiger charge is 2.37. The number of rotatable bonds is 10. The van der Waals surface area contributed by atoms with E-state index >= 15 is 0 Å². The van der Waals surface area contributed by atoms with Crippen LogP contribution in [0.4, 0.5) is 0 Å². The number of aromatic nitrogens is 1. The summed E-state index contributed by atoms with van der Waals surface area (Å²) >= 11 is 0. The van der Waals surface area contributed by atoms with Gasteiger partial charge in [0.25, 0.3) is 0 Å². The highest BCUT2D eigenvalue weighted by atomic mass is 28.4. The van der Waals surface area contributed by atoms with Gasteiger partial charge in [0.15, 0.2) is 8.32 Å². The van der Waals surface area contributed by atoms with Crippen LogP contribution in [0.2, 0.25) is 18.1 Å². The Bertz CT molecular complexity index is 983. The van der Waals surface area contributed by atoms with Crippen molar-refractivity contribution in [2.24, 2.45) is 0 Å². The molecule has 0 saturated carbocycles. The van der Waals surface area contributed by atoms with Gasteiger partial charge < -0.3 is 9.16 Å². The van der Waals surface area contributed by atoms with Crippen LogP contribution in [0.15, 0.2) is 48.8 Å². The van der Waals surface area contributed by atoms with E-state index in [1.54, 1.807) is 0 Å². The summed E-state index contributed by atoms with van der Waals surface area (Å²) < 4.78 is 11.3. The van der Waals surface area contributed by atoms with E-state index in [1.807, 2.05) is 18.5 Å². The van der Waals surface area contributed by atoms with E-state index in [-0.39, 0.29) is 11.0 Å². The molecule has 1 aromatic carbocycles. The minimum Gasteiger partial charge on any atom is -0.466 e. The van der Waals surface area contributed by atoms with Gasteiger partial charge >= 0.3 is 5.97 Å². The number of esters is 1. The molecule has 2 aromatic rings. The van der Waals surface area contributed by atoms with Gasteiger partial charge in [0.1, 0.15) is 0 Å². The molecule has 0 fully saturated rings. The number of nitrogens with zero attached hydrogens (tertiary/aromatic N) is 2. The van der Waals surface area contributed by atoms with Crippen molar-refractivity contribution in [2.45, 2.75) is 64.2 Å². The summed E-state index contributed by atoms with van der Waals surface area (Å²) in [4.78, 5) is 18.2. The largest absolute Gasteiger partial charge is 0.466 e. The van der Waals surface area contributed by atoms with Crippen LogP contribution < -0.4 is 0 Å². The summed E-state index contributed by atoms with van der Waals surface area (Å²) in [6.07, 6.45) is 10.2. The van der Waals surface area contributed by atoms with Gasteiger partial charge in [0.2, 0.25) is 0 Å². The summed E-state index contributed by atoms with van der Waals surface area (Å²) in [6.45, 7) is 14.2. The van der Waals surface area contributed by atoms with Crippen LogP contribution in [0.25, 0.3) is 6.08 Å². The number of fused-ring (bicyclic) bond motifs is 1. The number of carbonyl (C=O) groups excluding carboxylic acids is 1. The smallest absolute Gasteiger partial charge is 0.330 e. The Morgan fingerprint density at radius 2 is 1.91 bits per heavy atom. The van der Waals surface area contributed by atoms with Crippen molar-refractivity contribution in [1.29, 1.82) is 0 Å². The van der Waals surface area contributed by atoms with Gasteiger partial charge in [-0.3, -0.25) is 9.88 Å². The molecule has 0 amide bonds. The first-order valence-corrected chi connectivity index (χ1v) is 15.2. The zero-order valence-corrected chi connectivity index (χ0v) is 22.6. The van der Waals surface area contributed by atoms with Crippen LogP contribution in [0, 0.1) is 0 Å². The van der Waals surface area contributed by atoms with Crippen molar-refractivity contribution >= 4 is 20.4 Å². The Balaban J connectivity index is 1.74. The molecular formula is C28H40N2O3Si. The van der Waals surface area contributed by atoms with E-state index < -0.39 is 8.32 Å². The highest BCUT2D eigenvalue weighted by molar-refractivity contribution is 6.74. The topological polar surface area (TPSA) is 51.7 Å². The molecule has 184 valence electrons. The Kier molecular flexibility index (Phi) is 8.85. The van der Waals surface area contributed by atoms with Gasteiger partial charge in [-0.15, -0.1) is 0 Å². The molecule has 1 aliphatic carbocycles. The predicted octanol–water partition coefficient (Wildman–Crippen LogP) is 5.82. The molecule has 1 aromatic heterocycles. The average Bonchev–Trinajstić information content (AvgIpc) is 3.22. The van der Waals surface area contributed by atoms with Crippen molar-refractivity contribution in [3.8, 4) is 0 Å². The van der Waals surface area contributed by atoms with Crippen LogP contribution in [0.5, 0.6) is 0 Å². The normalized spacial score (nSPS) is 16.3. The fourth-order valence-corrected chi connectivity index (χ4v) is 5.25. The molecule has 0 saturated heterocycles. The lowest BCUT2D eigenvalue weighted by atomic mass is 10.0. The summed E-state index contributed by atoms with van der Waals surface area (Å²) in [6, 6.07) is 11.1. The van der Waals surface area contributed by atoms with Gasteiger partial charge in [-0.2, -0.15) is 0 Å². The van der Waals surface area contributed by atoms with Gasteiger partial charge in [0, 0.05) is 44.2 Å². The van der Waals surface area contributed by atoms with E-state index in [0.29, 0.717) is 6.04 Å². The van der Waals surface area contributed by atoms with E-state index in [0.717, 1.165) is 44.5 Å². The Morgan fingerprint density at radius 3 is 2.59 bits per heavy atom. The lowest BCUT2D eigenvalue weighted by Crippen LogP contribution is -2.43. The van der Waals surface area contributed by atoms with Gasteiger partial charge in [-0.1, -0.05) is 39.0 Å². The maximum atomic E-state index is 11.5. The lowest BCUT2D eigenvalue weighted by molar-refractivity contribution is -0.134. The predicted molar refractivity (Wildman–Crippen MR) is 141 cm³/mol. The number of ether oxygens (including phenoxy) is 1. The number of hydrogen-bond acceptors (Lipinski definition) is 5. The quantitative estimate of drug-likeness (QED) is 0.244. The van der Waals surface area contributed by atoms with E-state index in [9.17, 15) is 4.79 Å². The third-order valence-electron chi connectivity index (χ3n) is 7.35. The Hall–Kier alpha value is -2.28. The monoisotopic (exact) mass is 480 g/mol. The van der Waals surface area contributed by atoms with Crippen molar-refractivity contribution in [2.75, 3.05) is 26.8 Å². The van der Waals surface area contributed by atoms with Crippen LogP contribution in [0.1, 0.15) is 55.5 Å². The van der Waals surface area contributed by atoms with Gasteiger partial charge in [0.05, 0.1) is 7.11 Å². The van der Waals surface area contributed by atoms with E-state index in [2.05, 4.69) is 74.1 Å². The molecule has 5 nitrogen and oxygen atoms in total. The average molecular weight is 481 g/mol. The van der Waals surface area contributed by atoms with Gasteiger partial charge in [-0.05, 0) is 77.9 Å². The first-order chi connectivity index (χ1) is 16.1. The molecule has 34 heavy (non-hydrogen) atoms. The second-order valence-electron chi connectivity index (χ2n) is 10.6. The van der Waals surface area contributed by atoms with Crippen LogP contribution >= 0.6 is 0 Å². The second kappa shape index (κ2) is 11.4. The maximum Gasteiger partial charge on any atom is 0.330 e. The molecule has 1 heterocycles. The first kappa shape index (κ1) is 26.3. The standard InChI is InChI=1S/C28H40N2O3Si/c1-28(2,3)34(5,6)33-20-19-30(18-15-22-13-16-29-17-14-22)26-11-9-24-21-23(7-10-25(24)26)8-12-27(31)32-4/h7-8,10,12-14,16-17,21,26H,9,11,15,18-20H2,1-6H3. The van der Waals surface area contributed by atoms with E-state index in [1.165, 1.54) is 29.9 Å². The Labute approximate surface area is 206 Å². The molecule has 0 bridgehead atoms. The molecule has 0 aliphatic heterocycles.